The zero-order chi connectivity index (χ0) is 60.1. The first-order valence-corrected chi connectivity index (χ1v) is 30.4. The van der Waals surface area contributed by atoms with Crippen LogP contribution in [0.4, 0.5) is 5.69 Å². The van der Waals surface area contributed by atoms with E-state index in [9.17, 15) is 33.6 Å². The Hall–Kier alpha value is -7.21. The Bertz CT molecular complexity index is 3170. The first kappa shape index (κ1) is 64.4. The van der Waals surface area contributed by atoms with Crippen molar-refractivity contribution in [2.24, 2.45) is 17.3 Å². The highest BCUT2D eigenvalue weighted by Gasteiger charge is 2.45. The summed E-state index contributed by atoms with van der Waals surface area (Å²) in [6.07, 6.45) is 8.77. The molecule has 6 aromatic rings. The maximum absolute atomic E-state index is 14.4. The zero-order valence-corrected chi connectivity index (χ0v) is 50.5. The Morgan fingerprint density at radius 1 is 0.536 bits per heavy atom. The summed E-state index contributed by atoms with van der Waals surface area (Å²) < 4.78 is 12.3. The maximum atomic E-state index is 14.4. The van der Waals surface area contributed by atoms with Gasteiger partial charge in [0, 0.05) is 70.4 Å². The molecule has 0 heterocycles. The van der Waals surface area contributed by atoms with E-state index in [1.54, 1.807) is 51.1 Å². The lowest BCUT2D eigenvalue weighted by Crippen LogP contribution is -2.37. The normalized spacial score (nSPS) is 14.3. The molecule has 1 fully saturated rings. The molecule has 11 nitrogen and oxygen atoms in total. The number of ether oxygens (including phenoxy) is 2. The lowest BCUT2D eigenvalue weighted by Gasteiger charge is -2.37. The predicted octanol–water partition coefficient (Wildman–Crippen LogP) is 15.1. The number of aryl methyl sites for hydroxylation is 1. The fourth-order valence-electron chi connectivity index (χ4n) is 11.5. The summed E-state index contributed by atoms with van der Waals surface area (Å²) in [6.45, 7) is 7.10. The summed E-state index contributed by atoms with van der Waals surface area (Å²) in [4.78, 5) is 95.1. The van der Waals surface area contributed by atoms with E-state index in [0.717, 1.165) is 78.3 Å². The van der Waals surface area contributed by atoms with Gasteiger partial charge in [-0.2, -0.15) is 0 Å². The molecular weight excluding hydrogens is 1100 g/mol. The van der Waals surface area contributed by atoms with Crippen molar-refractivity contribution in [2.75, 3.05) is 11.9 Å². The van der Waals surface area contributed by atoms with E-state index in [4.69, 9.17) is 32.7 Å². The molecule has 1 aliphatic carbocycles. The van der Waals surface area contributed by atoms with E-state index in [1.165, 1.54) is 0 Å². The molecular formula is C71H80Cl2N2O9. The van der Waals surface area contributed by atoms with Crippen LogP contribution in [0.5, 0.6) is 0 Å². The summed E-state index contributed by atoms with van der Waals surface area (Å²) in [5.41, 5.74) is 3.56. The molecule has 13 heteroatoms. The number of esters is 2. The summed E-state index contributed by atoms with van der Waals surface area (Å²) in [6, 6.07) is 48.8. The smallest absolute Gasteiger partial charge is 0.307 e. The third-order valence-electron chi connectivity index (χ3n) is 15.7. The highest BCUT2D eigenvalue weighted by atomic mass is 35.5. The van der Waals surface area contributed by atoms with Crippen LogP contribution in [0.2, 0.25) is 10.0 Å². The third kappa shape index (κ3) is 19.4. The van der Waals surface area contributed by atoms with Crippen LogP contribution < -0.4 is 10.6 Å². The van der Waals surface area contributed by atoms with Gasteiger partial charge >= 0.3 is 11.9 Å². The predicted molar refractivity (Wildman–Crippen MR) is 332 cm³/mol. The van der Waals surface area contributed by atoms with Crippen LogP contribution in [0.15, 0.2) is 158 Å². The van der Waals surface area contributed by atoms with Crippen molar-refractivity contribution in [3.8, 4) is 0 Å². The quantitative estimate of drug-likeness (QED) is 0.0245. The molecule has 1 saturated carbocycles. The third-order valence-corrected chi connectivity index (χ3v) is 16.4. The molecule has 0 bridgehead atoms. The second-order valence-corrected chi connectivity index (χ2v) is 24.6. The monoisotopic (exact) mass is 1170 g/mol. The summed E-state index contributed by atoms with van der Waals surface area (Å²) >= 11 is 13.4. The van der Waals surface area contributed by atoms with Gasteiger partial charge < -0.3 is 20.1 Å². The van der Waals surface area contributed by atoms with Crippen molar-refractivity contribution >= 4 is 70.0 Å². The maximum Gasteiger partial charge on any atom is 0.307 e. The summed E-state index contributed by atoms with van der Waals surface area (Å²) in [5, 5.41) is 6.72. The van der Waals surface area contributed by atoms with Gasteiger partial charge in [-0.3, -0.25) is 33.6 Å². The van der Waals surface area contributed by atoms with Gasteiger partial charge in [0.25, 0.3) is 0 Å². The van der Waals surface area contributed by atoms with Crippen molar-refractivity contribution < 1.29 is 43.0 Å². The summed E-state index contributed by atoms with van der Waals surface area (Å²) in [5.74, 6) is -3.29. The van der Waals surface area contributed by atoms with Gasteiger partial charge in [0.05, 0.1) is 25.3 Å². The number of hydrogen-bond acceptors (Lipinski definition) is 9. The number of halogens is 2. The van der Waals surface area contributed by atoms with Crippen molar-refractivity contribution in [1.82, 2.24) is 5.32 Å². The van der Waals surface area contributed by atoms with E-state index in [1.807, 2.05) is 134 Å². The van der Waals surface area contributed by atoms with Crippen LogP contribution in [0, 0.1) is 24.2 Å². The van der Waals surface area contributed by atoms with Crippen molar-refractivity contribution in [3.63, 3.8) is 0 Å². The lowest BCUT2D eigenvalue weighted by atomic mass is 9.76. The zero-order valence-electron chi connectivity index (χ0n) is 49.0. The van der Waals surface area contributed by atoms with Gasteiger partial charge in [-0.15, -0.1) is 0 Å². The minimum absolute atomic E-state index is 0.0181. The highest BCUT2D eigenvalue weighted by molar-refractivity contribution is 6.31. The largest absolute Gasteiger partial charge is 0.460 e. The fourth-order valence-corrected chi connectivity index (χ4v) is 11.9. The molecule has 1 aliphatic rings. The molecule has 0 aromatic heterocycles. The number of ketones is 3. The molecule has 7 rings (SSSR count). The molecule has 1 unspecified atom stereocenters. The van der Waals surface area contributed by atoms with Gasteiger partial charge in [-0.25, -0.2) is 0 Å². The number of hydrogen-bond donors (Lipinski definition) is 2. The van der Waals surface area contributed by atoms with E-state index < -0.39 is 40.3 Å². The second kappa shape index (κ2) is 31.1. The van der Waals surface area contributed by atoms with Crippen LogP contribution in [-0.2, 0) is 67.9 Å². The Morgan fingerprint density at radius 3 is 1.75 bits per heavy atom. The average molecular weight is 1180 g/mol. The van der Waals surface area contributed by atoms with Crippen molar-refractivity contribution in [2.45, 2.75) is 154 Å². The van der Waals surface area contributed by atoms with Gasteiger partial charge in [0.2, 0.25) is 11.8 Å². The van der Waals surface area contributed by atoms with Crippen LogP contribution in [0.3, 0.4) is 0 Å². The molecule has 6 aromatic carbocycles. The van der Waals surface area contributed by atoms with Gasteiger partial charge in [-0.1, -0.05) is 194 Å². The lowest BCUT2D eigenvalue weighted by molar-refractivity contribution is -0.158. The fraction of sp³-hybridized carbons (Fsp3) is 0.394. The SMILES string of the molecule is Cc1ccc(C(OC(=O)CC2(CC(=O)CCCCCCCC(=O)CNC(=O)[C@@H](CC(=O)OC(C)(C)C)Cc3ccc(NC(=O)[C@@H](CC(=O)Cc4ccccc4)Cc4ccccc4Cl)cc3)CCCC2)(c2ccccc2)c2ccccc2Cl)cc1. The number of anilines is 1. The molecule has 442 valence electrons. The van der Waals surface area contributed by atoms with Gasteiger partial charge in [-0.05, 0) is 113 Å². The molecule has 84 heavy (non-hydrogen) atoms. The van der Waals surface area contributed by atoms with Crippen LogP contribution in [0.25, 0.3) is 0 Å². The highest BCUT2D eigenvalue weighted by Crippen LogP contribution is 2.48. The number of benzene rings is 6. The van der Waals surface area contributed by atoms with E-state index in [2.05, 4.69) is 10.6 Å². The Morgan fingerprint density at radius 2 is 1.11 bits per heavy atom. The minimum Gasteiger partial charge on any atom is -0.460 e. The molecule has 0 saturated heterocycles. The van der Waals surface area contributed by atoms with Crippen molar-refractivity contribution in [1.29, 1.82) is 0 Å². The number of Topliss-reactive ketones (excluding diaryl/α,β-unsaturated/α-hetero) is 3. The average Bonchev–Trinajstić information content (AvgIpc) is 1.45. The van der Waals surface area contributed by atoms with Crippen molar-refractivity contribution in [3.05, 3.63) is 207 Å². The Labute approximate surface area is 506 Å². The first-order chi connectivity index (χ1) is 40.3. The van der Waals surface area contributed by atoms with E-state index >= 15 is 0 Å². The standard InChI is InChI=1S/C71H80Cl2N2O9/c1-50-32-36-57(37-33-50)71(56-25-12-9-13-26-56,62-29-17-19-31-64(62)73)84-66(80)48-70(40-20-21-41-70)47-59(76)27-14-6-5-7-15-28-60(77)49-74-67(81)54(46-65(79)83-69(2,3)4)42-52-34-38-58(39-35-52)75-68(82)55(44-53-24-16-18-30-63(53)72)45-61(78)43-51-22-10-8-11-23-51/h8-13,16-19,22-26,29-39,54-55H,5-7,14-15,20-21,27-28,40-49H2,1-4H3,(H,74,81)(H,75,82)/t54-,55-,71?/m1/s1. The van der Waals surface area contributed by atoms with E-state index in [-0.39, 0.29) is 80.7 Å². The topological polar surface area (TPSA) is 162 Å². The Kier molecular flexibility index (Phi) is 23.8. The molecule has 0 aliphatic heterocycles. The molecule has 3 atom stereocenters. The number of amides is 2. The van der Waals surface area contributed by atoms with E-state index in [0.29, 0.717) is 47.0 Å². The number of rotatable bonds is 31. The second-order valence-electron chi connectivity index (χ2n) is 23.8. The van der Waals surface area contributed by atoms with Gasteiger partial charge in [0.15, 0.2) is 11.4 Å². The molecule has 2 N–H and O–H groups in total. The first-order valence-electron chi connectivity index (χ1n) is 29.6. The van der Waals surface area contributed by atoms with Crippen LogP contribution in [-0.4, -0.2) is 53.2 Å². The molecule has 0 spiro atoms. The van der Waals surface area contributed by atoms with Crippen LogP contribution >= 0.6 is 23.2 Å². The minimum atomic E-state index is -1.32. The number of nitrogens with one attached hydrogen (secondary N) is 2. The number of carbonyl (C=O) groups excluding carboxylic acids is 7. The number of unbranched alkanes of at least 4 members (excludes halogenated alkanes) is 4. The Balaban J connectivity index is 0.865. The summed E-state index contributed by atoms with van der Waals surface area (Å²) in [7, 11) is 0. The van der Waals surface area contributed by atoms with Crippen LogP contribution in [0.1, 0.15) is 156 Å². The number of carbonyl (C=O) groups is 7. The molecule has 2 amide bonds. The molecule has 0 radical (unpaired) electrons. The van der Waals surface area contributed by atoms with Gasteiger partial charge in [0.1, 0.15) is 17.2 Å².